The Bertz CT molecular complexity index is 1290. The number of hydrogen-bond donors (Lipinski definition) is 0. The van der Waals surface area contributed by atoms with Crippen LogP contribution in [0.4, 0.5) is 5.69 Å². The summed E-state index contributed by atoms with van der Waals surface area (Å²) in [6, 6.07) is 23.0. The van der Waals surface area contributed by atoms with Gasteiger partial charge in [-0.1, -0.05) is 36.4 Å². The number of carbonyl (C=O) groups is 1. The minimum Gasteiger partial charge on any atom is -0.495 e. The number of pyridine rings is 1. The van der Waals surface area contributed by atoms with Crippen LogP contribution in [0.2, 0.25) is 0 Å². The molecule has 5 rings (SSSR count). The summed E-state index contributed by atoms with van der Waals surface area (Å²) in [7, 11) is 1.68. The van der Waals surface area contributed by atoms with Gasteiger partial charge in [-0.05, 0) is 36.4 Å². The second-order valence-electron chi connectivity index (χ2n) is 7.99. The smallest absolute Gasteiger partial charge is 0.242 e. The first-order chi connectivity index (χ1) is 15.7. The molecule has 4 aromatic rings. The minimum absolute atomic E-state index is 0.00493. The molecule has 3 aromatic carbocycles. The molecule has 0 saturated carbocycles. The SMILES string of the molecule is COc1ccccc1N1CCN(C(=O)Cn2c3ccccc3c(=O)c3ccccc32)CC1. The third kappa shape index (κ3) is 3.47. The summed E-state index contributed by atoms with van der Waals surface area (Å²) >= 11 is 0. The molecule has 6 nitrogen and oxygen atoms in total. The van der Waals surface area contributed by atoms with Gasteiger partial charge in [0.1, 0.15) is 12.3 Å². The Morgan fingerprint density at radius 2 is 1.38 bits per heavy atom. The van der Waals surface area contributed by atoms with Gasteiger partial charge in [-0.3, -0.25) is 9.59 Å². The number of benzene rings is 3. The lowest BCUT2D eigenvalue weighted by atomic mass is 10.1. The van der Waals surface area contributed by atoms with Crippen molar-refractivity contribution < 1.29 is 9.53 Å². The van der Waals surface area contributed by atoms with Crippen LogP contribution >= 0.6 is 0 Å². The zero-order chi connectivity index (χ0) is 22.1. The van der Waals surface area contributed by atoms with Crippen LogP contribution in [-0.2, 0) is 11.3 Å². The summed E-state index contributed by atoms with van der Waals surface area (Å²) in [6.45, 7) is 2.99. The van der Waals surface area contributed by atoms with Crippen LogP contribution in [0.1, 0.15) is 0 Å². The molecular weight excluding hydrogens is 402 g/mol. The van der Waals surface area contributed by atoms with Crippen LogP contribution < -0.4 is 15.1 Å². The topological polar surface area (TPSA) is 54.8 Å². The fourth-order valence-corrected chi connectivity index (χ4v) is 4.57. The lowest BCUT2D eigenvalue weighted by Gasteiger charge is -2.36. The molecule has 1 fully saturated rings. The van der Waals surface area contributed by atoms with Crippen molar-refractivity contribution in [3.63, 3.8) is 0 Å². The fraction of sp³-hybridized carbons (Fsp3) is 0.231. The van der Waals surface area contributed by atoms with Crippen molar-refractivity contribution in [2.75, 3.05) is 38.2 Å². The van der Waals surface area contributed by atoms with E-state index in [4.69, 9.17) is 4.74 Å². The number of piperazine rings is 1. The molecule has 1 aliphatic rings. The van der Waals surface area contributed by atoms with Crippen molar-refractivity contribution in [1.82, 2.24) is 9.47 Å². The highest BCUT2D eigenvalue weighted by Gasteiger charge is 2.24. The number of nitrogens with zero attached hydrogens (tertiary/aromatic N) is 3. The summed E-state index contributed by atoms with van der Waals surface area (Å²) < 4.78 is 7.47. The molecule has 1 amide bonds. The number of ether oxygens (including phenoxy) is 1. The molecule has 32 heavy (non-hydrogen) atoms. The average Bonchev–Trinajstić information content (AvgIpc) is 2.86. The lowest BCUT2D eigenvalue weighted by molar-refractivity contribution is -0.132. The van der Waals surface area contributed by atoms with Gasteiger partial charge in [-0.15, -0.1) is 0 Å². The van der Waals surface area contributed by atoms with Crippen LogP contribution in [0.3, 0.4) is 0 Å². The molecule has 162 valence electrons. The Morgan fingerprint density at radius 1 is 0.812 bits per heavy atom. The molecule has 0 aliphatic carbocycles. The van der Waals surface area contributed by atoms with Gasteiger partial charge in [0.15, 0.2) is 5.43 Å². The summed E-state index contributed by atoms with van der Waals surface area (Å²) in [6.07, 6.45) is 0. The number of hydrogen-bond acceptors (Lipinski definition) is 4. The predicted molar refractivity (Wildman–Crippen MR) is 128 cm³/mol. The van der Waals surface area contributed by atoms with Gasteiger partial charge in [-0.25, -0.2) is 0 Å². The summed E-state index contributed by atoms with van der Waals surface area (Å²) in [5, 5.41) is 1.28. The molecule has 0 radical (unpaired) electrons. The number of para-hydroxylation sites is 4. The molecule has 0 spiro atoms. The van der Waals surface area contributed by atoms with Gasteiger partial charge in [0.25, 0.3) is 0 Å². The standard InChI is InChI=1S/C26H25N3O3/c1-32-24-13-7-6-12-23(24)27-14-16-28(17-15-27)25(30)18-29-21-10-4-2-8-19(21)26(31)20-9-3-5-11-22(20)29/h2-13H,14-18H2,1H3. The average molecular weight is 428 g/mol. The molecule has 0 unspecified atom stereocenters. The number of anilines is 1. The lowest BCUT2D eigenvalue weighted by Crippen LogP contribution is -2.49. The third-order valence-corrected chi connectivity index (χ3v) is 6.23. The molecule has 0 N–H and O–H groups in total. The highest BCUT2D eigenvalue weighted by molar-refractivity contribution is 5.94. The van der Waals surface area contributed by atoms with E-state index >= 15 is 0 Å². The van der Waals surface area contributed by atoms with Crippen LogP contribution in [0.15, 0.2) is 77.6 Å². The Hall–Kier alpha value is -3.80. The van der Waals surface area contributed by atoms with Crippen molar-refractivity contribution in [1.29, 1.82) is 0 Å². The van der Waals surface area contributed by atoms with E-state index in [-0.39, 0.29) is 17.9 Å². The molecule has 6 heteroatoms. The number of methoxy groups -OCH3 is 1. The van der Waals surface area contributed by atoms with Crippen molar-refractivity contribution >= 4 is 33.4 Å². The van der Waals surface area contributed by atoms with E-state index in [0.29, 0.717) is 23.9 Å². The van der Waals surface area contributed by atoms with E-state index in [2.05, 4.69) is 11.0 Å². The van der Waals surface area contributed by atoms with Gasteiger partial charge in [0.2, 0.25) is 5.91 Å². The van der Waals surface area contributed by atoms with Gasteiger partial charge in [0, 0.05) is 37.0 Å². The molecular formula is C26H25N3O3. The van der Waals surface area contributed by atoms with E-state index in [0.717, 1.165) is 35.6 Å². The highest BCUT2D eigenvalue weighted by Crippen LogP contribution is 2.28. The summed E-state index contributed by atoms with van der Waals surface area (Å²) in [5.74, 6) is 0.905. The number of aromatic nitrogens is 1. The van der Waals surface area contributed by atoms with E-state index in [1.54, 1.807) is 7.11 Å². The van der Waals surface area contributed by atoms with Gasteiger partial charge in [0.05, 0.1) is 23.8 Å². The first-order valence-corrected chi connectivity index (χ1v) is 10.8. The zero-order valence-electron chi connectivity index (χ0n) is 18.0. The van der Waals surface area contributed by atoms with Crippen molar-refractivity contribution in [3.8, 4) is 5.75 Å². The van der Waals surface area contributed by atoms with Gasteiger partial charge < -0.3 is 19.1 Å². The molecule has 1 aromatic heterocycles. The largest absolute Gasteiger partial charge is 0.495 e. The Kier molecular flexibility index (Phi) is 5.27. The van der Waals surface area contributed by atoms with Crippen LogP contribution in [0.5, 0.6) is 5.75 Å². The highest BCUT2D eigenvalue weighted by atomic mass is 16.5. The minimum atomic E-state index is 0.00493. The van der Waals surface area contributed by atoms with Crippen molar-refractivity contribution in [3.05, 3.63) is 83.0 Å². The van der Waals surface area contributed by atoms with Gasteiger partial charge in [-0.2, -0.15) is 0 Å². The predicted octanol–water partition coefficient (Wildman–Crippen LogP) is 3.51. The second kappa shape index (κ2) is 8.38. The first-order valence-electron chi connectivity index (χ1n) is 10.8. The second-order valence-corrected chi connectivity index (χ2v) is 7.99. The Morgan fingerprint density at radius 3 is 2.00 bits per heavy atom. The van der Waals surface area contributed by atoms with E-state index in [1.807, 2.05) is 76.2 Å². The molecule has 0 bridgehead atoms. The maximum atomic E-state index is 13.3. The summed E-state index contributed by atoms with van der Waals surface area (Å²) in [4.78, 5) is 30.4. The molecule has 1 aliphatic heterocycles. The summed E-state index contributed by atoms with van der Waals surface area (Å²) in [5.41, 5.74) is 2.64. The fourth-order valence-electron chi connectivity index (χ4n) is 4.57. The quantitative estimate of drug-likeness (QED) is 0.468. The van der Waals surface area contributed by atoms with E-state index in [9.17, 15) is 9.59 Å². The van der Waals surface area contributed by atoms with Gasteiger partial charge >= 0.3 is 0 Å². The van der Waals surface area contributed by atoms with Crippen molar-refractivity contribution in [2.45, 2.75) is 6.54 Å². The normalized spacial score (nSPS) is 14.2. The van der Waals surface area contributed by atoms with Crippen LogP contribution in [-0.4, -0.2) is 48.7 Å². The Labute approximate surface area is 186 Å². The van der Waals surface area contributed by atoms with Crippen LogP contribution in [0.25, 0.3) is 21.8 Å². The van der Waals surface area contributed by atoms with Crippen LogP contribution in [0, 0.1) is 0 Å². The zero-order valence-corrected chi connectivity index (χ0v) is 18.0. The molecule has 0 atom stereocenters. The maximum absolute atomic E-state index is 13.3. The van der Waals surface area contributed by atoms with E-state index < -0.39 is 0 Å². The maximum Gasteiger partial charge on any atom is 0.242 e. The molecule has 2 heterocycles. The van der Waals surface area contributed by atoms with Crippen molar-refractivity contribution in [2.24, 2.45) is 0 Å². The number of amides is 1. The number of carbonyl (C=O) groups excluding carboxylic acids is 1. The number of rotatable bonds is 4. The number of fused-ring (bicyclic) bond motifs is 2. The third-order valence-electron chi connectivity index (χ3n) is 6.23. The molecule has 1 saturated heterocycles. The monoisotopic (exact) mass is 427 g/mol. The van der Waals surface area contributed by atoms with E-state index in [1.165, 1.54) is 0 Å². The Balaban J connectivity index is 1.40. The first kappa shape index (κ1) is 20.1.